The highest BCUT2D eigenvalue weighted by Crippen LogP contribution is 2.40. The SMILES string of the molecule is COc1cc(N2CCCC2)c(OC)cc1C=C1SC(=Nc2cccc(Cl)c2Cl)NC1=O. The highest BCUT2D eigenvalue weighted by atomic mass is 35.5. The molecular formula is C22H21Cl2N3O3S. The Bertz CT molecular complexity index is 1080. The zero-order chi connectivity index (χ0) is 22.0. The molecule has 0 bridgehead atoms. The van der Waals surface area contributed by atoms with Crippen LogP contribution in [0.3, 0.4) is 0 Å². The van der Waals surface area contributed by atoms with Crippen LogP contribution in [0.4, 0.5) is 11.4 Å². The smallest absolute Gasteiger partial charge is 0.264 e. The van der Waals surface area contributed by atoms with Gasteiger partial charge in [-0.15, -0.1) is 0 Å². The predicted octanol–water partition coefficient (Wildman–Crippen LogP) is 5.50. The number of ether oxygens (including phenoxy) is 2. The van der Waals surface area contributed by atoms with Gasteiger partial charge in [-0.3, -0.25) is 4.79 Å². The predicted molar refractivity (Wildman–Crippen MR) is 128 cm³/mol. The van der Waals surface area contributed by atoms with E-state index in [1.807, 2.05) is 12.1 Å². The summed E-state index contributed by atoms with van der Waals surface area (Å²) in [6.07, 6.45) is 4.09. The van der Waals surface area contributed by atoms with E-state index in [9.17, 15) is 4.79 Å². The molecule has 2 heterocycles. The van der Waals surface area contributed by atoms with E-state index in [0.717, 1.165) is 42.9 Å². The summed E-state index contributed by atoms with van der Waals surface area (Å²) in [5.41, 5.74) is 2.25. The monoisotopic (exact) mass is 477 g/mol. The van der Waals surface area contributed by atoms with Crippen LogP contribution in [-0.2, 0) is 4.79 Å². The van der Waals surface area contributed by atoms with E-state index in [4.69, 9.17) is 32.7 Å². The Hall–Kier alpha value is -2.35. The van der Waals surface area contributed by atoms with Crippen molar-refractivity contribution < 1.29 is 14.3 Å². The molecule has 162 valence electrons. The van der Waals surface area contributed by atoms with E-state index in [-0.39, 0.29) is 5.91 Å². The summed E-state index contributed by atoms with van der Waals surface area (Å²) < 4.78 is 11.2. The first-order chi connectivity index (χ1) is 15.0. The molecule has 0 unspecified atom stereocenters. The first-order valence-electron chi connectivity index (χ1n) is 9.74. The van der Waals surface area contributed by atoms with Crippen molar-refractivity contribution in [1.29, 1.82) is 0 Å². The average Bonchev–Trinajstić information content (AvgIpc) is 3.41. The number of thioether (sulfide) groups is 1. The largest absolute Gasteiger partial charge is 0.496 e. The van der Waals surface area contributed by atoms with Crippen LogP contribution in [0.5, 0.6) is 11.5 Å². The number of benzene rings is 2. The molecule has 4 rings (SSSR count). The molecule has 2 fully saturated rings. The number of nitrogens with one attached hydrogen (secondary N) is 1. The standard InChI is InChI=1S/C22H21Cl2N3O3S/c1-29-17-12-16(27-8-3-4-9-27)18(30-2)10-13(17)11-19-21(28)26-22(31-19)25-15-7-5-6-14(23)20(15)24/h5-7,10-12H,3-4,8-9H2,1-2H3,(H,25,26,28). The fourth-order valence-corrected chi connectivity index (χ4v) is 4.70. The number of carbonyl (C=O) groups excluding carboxylic acids is 1. The third kappa shape index (κ3) is 4.63. The summed E-state index contributed by atoms with van der Waals surface area (Å²) in [4.78, 5) is 19.8. The molecule has 0 aliphatic carbocycles. The normalized spacial score (nSPS) is 18.7. The van der Waals surface area contributed by atoms with Gasteiger partial charge in [-0.1, -0.05) is 29.3 Å². The molecule has 2 aliphatic rings. The molecule has 2 saturated heterocycles. The number of amidine groups is 1. The number of rotatable bonds is 5. The van der Waals surface area contributed by atoms with Crippen LogP contribution in [-0.4, -0.2) is 38.4 Å². The first-order valence-corrected chi connectivity index (χ1v) is 11.3. The van der Waals surface area contributed by atoms with Crippen molar-refractivity contribution in [1.82, 2.24) is 5.32 Å². The van der Waals surface area contributed by atoms with Crippen molar-refractivity contribution in [2.45, 2.75) is 12.8 Å². The van der Waals surface area contributed by atoms with Gasteiger partial charge in [-0.05, 0) is 48.9 Å². The van der Waals surface area contributed by atoms with E-state index in [1.165, 1.54) is 11.8 Å². The van der Waals surface area contributed by atoms with Crippen molar-refractivity contribution in [3.05, 3.63) is 50.8 Å². The Morgan fingerprint density at radius 2 is 1.87 bits per heavy atom. The molecule has 1 N–H and O–H groups in total. The summed E-state index contributed by atoms with van der Waals surface area (Å²) in [5, 5.41) is 3.94. The van der Waals surface area contributed by atoms with Gasteiger partial charge in [0, 0.05) is 24.7 Å². The lowest BCUT2D eigenvalue weighted by molar-refractivity contribution is -0.115. The summed E-state index contributed by atoms with van der Waals surface area (Å²) in [6.45, 7) is 1.98. The third-order valence-corrected chi connectivity index (χ3v) is 6.79. The number of nitrogens with zero attached hydrogens (tertiary/aromatic N) is 2. The van der Waals surface area contributed by atoms with Crippen LogP contribution in [0.1, 0.15) is 18.4 Å². The summed E-state index contributed by atoms with van der Waals surface area (Å²) in [7, 11) is 3.27. The Kier molecular flexibility index (Phi) is 6.65. The number of hydrogen-bond donors (Lipinski definition) is 1. The van der Waals surface area contributed by atoms with E-state index in [0.29, 0.717) is 31.6 Å². The minimum absolute atomic E-state index is 0.244. The minimum atomic E-state index is -0.244. The maximum atomic E-state index is 12.5. The van der Waals surface area contributed by atoms with Crippen molar-refractivity contribution in [2.75, 3.05) is 32.2 Å². The molecule has 2 aromatic rings. The number of anilines is 1. The van der Waals surface area contributed by atoms with Gasteiger partial charge in [-0.25, -0.2) is 4.99 Å². The summed E-state index contributed by atoms with van der Waals surface area (Å²) in [5.74, 6) is 1.18. The van der Waals surface area contributed by atoms with Crippen molar-refractivity contribution >= 4 is 63.5 Å². The molecule has 6 nitrogen and oxygen atoms in total. The second kappa shape index (κ2) is 9.42. The number of amides is 1. The quantitative estimate of drug-likeness (QED) is 0.575. The average molecular weight is 478 g/mol. The Labute approximate surface area is 195 Å². The zero-order valence-corrected chi connectivity index (χ0v) is 19.4. The summed E-state index contributed by atoms with van der Waals surface area (Å²) in [6, 6.07) is 9.04. The number of carbonyl (C=O) groups is 1. The first kappa shape index (κ1) is 21.9. The molecule has 2 aliphatic heterocycles. The highest BCUT2D eigenvalue weighted by molar-refractivity contribution is 8.18. The molecule has 2 aromatic carbocycles. The Balaban J connectivity index is 1.65. The fraction of sp³-hybridized carbons (Fsp3) is 0.273. The van der Waals surface area contributed by atoms with Gasteiger partial charge in [0.1, 0.15) is 11.5 Å². The lowest BCUT2D eigenvalue weighted by atomic mass is 10.1. The van der Waals surface area contributed by atoms with E-state index in [2.05, 4.69) is 15.2 Å². The second-order valence-corrected chi connectivity index (χ2v) is 8.83. The van der Waals surface area contributed by atoms with Crippen molar-refractivity contribution in [3.8, 4) is 11.5 Å². The number of methoxy groups -OCH3 is 2. The lowest BCUT2D eigenvalue weighted by Crippen LogP contribution is -2.19. The van der Waals surface area contributed by atoms with Crippen LogP contribution in [0, 0.1) is 0 Å². The van der Waals surface area contributed by atoms with Crippen LogP contribution in [0.25, 0.3) is 6.08 Å². The van der Waals surface area contributed by atoms with Crippen LogP contribution in [0.15, 0.2) is 40.2 Å². The Morgan fingerprint density at radius 1 is 1.13 bits per heavy atom. The third-order valence-electron chi connectivity index (χ3n) is 5.07. The summed E-state index contributed by atoms with van der Waals surface area (Å²) >= 11 is 13.5. The molecule has 1 amide bonds. The molecular weight excluding hydrogens is 457 g/mol. The lowest BCUT2D eigenvalue weighted by Gasteiger charge is -2.22. The van der Waals surface area contributed by atoms with Gasteiger partial charge in [0.15, 0.2) is 5.17 Å². The maximum Gasteiger partial charge on any atom is 0.264 e. The molecule has 0 saturated carbocycles. The van der Waals surface area contributed by atoms with E-state index < -0.39 is 0 Å². The van der Waals surface area contributed by atoms with Gasteiger partial charge < -0.3 is 19.7 Å². The van der Waals surface area contributed by atoms with Gasteiger partial charge >= 0.3 is 0 Å². The number of halogens is 2. The zero-order valence-electron chi connectivity index (χ0n) is 17.1. The number of aliphatic imine (C=N–C) groups is 1. The van der Waals surface area contributed by atoms with Crippen LogP contribution in [0.2, 0.25) is 10.0 Å². The molecule has 9 heteroatoms. The molecule has 0 spiro atoms. The molecule has 0 atom stereocenters. The van der Waals surface area contributed by atoms with Crippen LogP contribution >= 0.6 is 35.0 Å². The maximum absolute atomic E-state index is 12.5. The van der Waals surface area contributed by atoms with Crippen molar-refractivity contribution in [3.63, 3.8) is 0 Å². The van der Waals surface area contributed by atoms with E-state index in [1.54, 1.807) is 38.5 Å². The molecule has 31 heavy (non-hydrogen) atoms. The minimum Gasteiger partial charge on any atom is -0.496 e. The van der Waals surface area contributed by atoms with Gasteiger partial charge in [-0.2, -0.15) is 0 Å². The van der Waals surface area contributed by atoms with E-state index >= 15 is 0 Å². The highest BCUT2D eigenvalue weighted by Gasteiger charge is 2.26. The second-order valence-electron chi connectivity index (χ2n) is 7.01. The fourth-order valence-electron chi connectivity index (χ4n) is 3.53. The number of hydrogen-bond acceptors (Lipinski definition) is 6. The molecule has 0 aromatic heterocycles. The van der Waals surface area contributed by atoms with Gasteiger partial charge in [0.2, 0.25) is 0 Å². The van der Waals surface area contributed by atoms with Gasteiger partial charge in [0.25, 0.3) is 5.91 Å². The topological polar surface area (TPSA) is 63.2 Å². The van der Waals surface area contributed by atoms with Gasteiger partial charge in [0.05, 0.1) is 40.5 Å². The van der Waals surface area contributed by atoms with Crippen LogP contribution < -0.4 is 19.7 Å². The Morgan fingerprint density at radius 3 is 2.58 bits per heavy atom. The van der Waals surface area contributed by atoms with Crippen molar-refractivity contribution in [2.24, 2.45) is 4.99 Å². The molecule has 0 radical (unpaired) electrons.